The number of amides is 4. The predicted octanol–water partition coefficient (Wildman–Crippen LogP) is 3.20. The number of nitrogens with one attached hydrogen (secondary N) is 4. The van der Waals surface area contributed by atoms with Crippen LogP contribution in [0.3, 0.4) is 0 Å². The van der Waals surface area contributed by atoms with E-state index in [0.717, 1.165) is 38.5 Å². The molecule has 0 heterocycles. The Balaban J connectivity index is 1.45. The summed E-state index contributed by atoms with van der Waals surface area (Å²) in [6, 6.07) is 16.4. The van der Waals surface area contributed by atoms with E-state index in [2.05, 4.69) is 21.3 Å². The summed E-state index contributed by atoms with van der Waals surface area (Å²) in [5.74, 6) is -0.907. The number of hydrogen-bond acceptors (Lipinski definition) is 4. The molecule has 194 valence electrons. The van der Waals surface area contributed by atoms with Crippen molar-refractivity contribution in [2.24, 2.45) is 0 Å². The fraction of sp³-hybridized carbons (Fsp3) is 0.429. The van der Waals surface area contributed by atoms with Gasteiger partial charge in [0.05, 0.1) is 0 Å². The number of carbonyl (C=O) groups is 4. The maximum Gasteiger partial charge on any atom is 0.251 e. The highest BCUT2D eigenvalue weighted by Crippen LogP contribution is 2.05. The number of benzene rings is 2. The summed E-state index contributed by atoms with van der Waals surface area (Å²) in [4.78, 5) is 48.6. The number of rotatable bonds is 15. The summed E-state index contributed by atoms with van der Waals surface area (Å²) in [6.07, 6.45) is 5.85. The van der Waals surface area contributed by atoms with Crippen LogP contribution in [-0.2, 0) is 9.59 Å². The first-order valence-corrected chi connectivity index (χ1v) is 12.7. The molecule has 8 heteroatoms. The van der Waals surface area contributed by atoms with Gasteiger partial charge in [-0.25, -0.2) is 0 Å². The summed E-state index contributed by atoms with van der Waals surface area (Å²) < 4.78 is 0. The number of hydrogen-bond donors (Lipinski definition) is 4. The lowest BCUT2D eigenvalue weighted by Gasteiger charge is -2.14. The summed E-state index contributed by atoms with van der Waals surface area (Å²) >= 11 is 0. The molecular weight excluding hydrogens is 456 g/mol. The molecule has 0 unspecified atom stereocenters. The Hall–Kier alpha value is -3.68. The van der Waals surface area contributed by atoms with Gasteiger partial charge in [0.25, 0.3) is 11.8 Å². The molecule has 0 aliphatic carbocycles. The van der Waals surface area contributed by atoms with Gasteiger partial charge in [-0.15, -0.1) is 0 Å². The fourth-order valence-electron chi connectivity index (χ4n) is 3.56. The lowest BCUT2D eigenvalue weighted by Crippen LogP contribution is -2.45. The van der Waals surface area contributed by atoms with E-state index in [1.807, 2.05) is 12.1 Å². The molecule has 0 spiro atoms. The summed E-state index contributed by atoms with van der Waals surface area (Å²) in [5, 5.41) is 11.1. The van der Waals surface area contributed by atoms with Crippen LogP contribution in [0.2, 0.25) is 0 Å². The first-order chi connectivity index (χ1) is 17.4. The smallest absolute Gasteiger partial charge is 0.251 e. The van der Waals surface area contributed by atoms with Crippen LogP contribution in [0.1, 0.15) is 73.1 Å². The van der Waals surface area contributed by atoms with Crippen LogP contribution < -0.4 is 21.3 Å². The van der Waals surface area contributed by atoms with Crippen LogP contribution in [0.5, 0.6) is 0 Å². The molecule has 0 fully saturated rings. The highest BCUT2D eigenvalue weighted by Gasteiger charge is 2.16. The molecule has 0 saturated carbocycles. The zero-order chi connectivity index (χ0) is 26.2. The van der Waals surface area contributed by atoms with Gasteiger partial charge >= 0.3 is 0 Å². The van der Waals surface area contributed by atoms with Crippen molar-refractivity contribution in [3.63, 3.8) is 0 Å². The second-order valence-corrected chi connectivity index (χ2v) is 8.83. The molecule has 36 heavy (non-hydrogen) atoms. The Morgan fingerprint density at radius 2 is 0.889 bits per heavy atom. The highest BCUT2D eigenvalue weighted by atomic mass is 16.2. The Bertz CT molecular complexity index is 887. The van der Waals surface area contributed by atoms with E-state index in [-0.39, 0.29) is 23.6 Å². The second-order valence-electron chi connectivity index (χ2n) is 8.83. The van der Waals surface area contributed by atoms with Crippen molar-refractivity contribution in [2.75, 3.05) is 13.1 Å². The number of unbranched alkanes of at least 4 members (excludes halogenated alkanes) is 5. The molecular formula is C28H38N4O4. The van der Waals surface area contributed by atoms with Gasteiger partial charge in [-0.2, -0.15) is 0 Å². The molecule has 0 bridgehead atoms. The lowest BCUT2D eigenvalue weighted by molar-refractivity contribution is -0.123. The minimum Gasteiger partial charge on any atom is -0.354 e. The average Bonchev–Trinajstić information content (AvgIpc) is 2.90. The van der Waals surface area contributed by atoms with Gasteiger partial charge in [0.1, 0.15) is 12.1 Å². The third-order valence-corrected chi connectivity index (χ3v) is 5.76. The lowest BCUT2D eigenvalue weighted by atomic mass is 10.1. The van der Waals surface area contributed by atoms with Gasteiger partial charge in [0.15, 0.2) is 0 Å². The highest BCUT2D eigenvalue weighted by molar-refractivity contribution is 5.98. The van der Waals surface area contributed by atoms with Gasteiger partial charge in [0, 0.05) is 24.2 Å². The monoisotopic (exact) mass is 494 g/mol. The second kappa shape index (κ2) is 16.1. The van der Waals surface area contributed by atoms with E-state index in [0.29, 0.717) is 24.2 Å². The standard InChI is InChI=1S/C28H38N4O4/c1-21(31-27(35)23-15-9-7-10-16-23)25(33)29-19-13-5-3-4-6-14-20-30-26(34)22(2)32-28(36)24-17-11-8-12-18-24/h7-12,15-18,21-22H,3-6,13-14,19-20H2,1-2H3,(H,29,33)(H,30,34)(H,31,35)(H,32,36)/t21-,22-/m0/s1. The molecule has 4 amide bonds. The first kappa shape index (κ1) is 28.6. The fourth-order valence-corrected chi connectivity index (χ4v) is 3.56. The van der Waals surface area contributed by atoms with Gasteiger partial charge in [-0.3, -0.25) is 19.2 Å². The number of carbonyl (C=O) groups excluding carboxylic acids is 4. The van der Waals surface area contributed by atoms with Crippen LogP contribution in [-0.4, -0.2) is 48.8 Å². The van der Waals surface area contributed by atoms with Crippen LogP contribution in [0.4, 0.5) is 0 Å². The molecule has 8 nitrogen and oxygen atoms in total. The van der Waals surface area contributed by atoms with Crippen molar-refractivity contribution >= 4 is 23.6 Å². The van der Waals surface area contributed by atoms with Crippen LogP contribution in [0, 0.1) is 0 Å². The quantitative estimate of drug-likeness (QED) is 0.285. The van der Waals surface area contributed by atoms with Gasteiger partial charge in [-0.1, -0.05) is 62.1 Å². The first-order valence-electron chi connectivity index (χ1n) is 12.7. The molecule has 2 aromatic carbocycles. The van der Waals surface area contributed by atoms with Crippen LogP contribution in [0.15, 0.2) is 60.7 Å². The molecule has 2 aromatic rings. The summed E-state index contributed by atoms with van der Waals surface area (Å²) in [6.45, 7) is 4.50. The minimum atomic E-state index is -0.595. The molecule has 2 atom stereocenters. The summed E-state index contributed by atoms with van der Waals surface area (Å²) in [7, 11) is 0. The van der Waals surface area contributed by atoms with Gasteiger partial charge in [0.2, 0.25) is 11.8 Å². The van der Waals surface area contributed by atoms with Crippen molar-refractivity contribution in [2.45, 2.75) is 64.5 Å². The Labute approximate surface area is 213 Å². The molecule has 0 aliphatic heterocycles. The van der Waals surface area contributed by atoms with E-state index < -0.39 is 12.1 Å². The molecule has 2 rings (SSSR count). The van der Waals surface area contributed by atoms with E-state index in [9.17, 15) is 19.2 Å². The van der Waals surface area contributed by atoms with Crippen LogP contribution in [0.25, 0.3) is 0 Å². The maximum atomic E-state index is 12.2. The molecule has 0 radical (unpaired) electrons. The Morgan fingerprint density at radius 3 is 1.25 bits per heavy atom. The molecule has 0 aliphatic rings. The minimum absolute atomic E-state index is 0.191. The molecule has 0 saturated heterocycles. The largest absolute Gasteiger partial charge is 0.354 e. The Morgan fingerprint density at radius 1 is 0.556 bits per heavy atom. The van der Waals surface area contributed by atoms with Crippen molar-refractivity contribution in [3.8, 4) is 0 Å². The van der Waals surface area contributed by atoms with E-state index in [4.69, 9.17) is 0 Å². The van der Waals surface area contributed by atoms with Gasteiger partial charge in [-0.05, 0) is 51.0 Å². The predicted molar refractivity (Wildman–Crippen MR) is 140 cm³/mol. The molecule has 0 aromatic heterocycles. The van der Waals surface area contributed by atoms with E-state index in [1.165, 1.54) is 0 Å². The van der Waals surface area contributed by atoms with Crippen molar-refractivity contribution in [3.05, 3.63) is 71.8 Å². The normalized spacial score (nSPS) is 12.2. The summed E-state index contributed by atoms with van der Waals surface area (Å²) in [5.41, 5.74) is 1.06. The topological polar surface area (TPSA) is 116 Å². The van der Waals surface area contributed by atoms with Crippen molar-refractivity contribution in [1.29, 1.82) is 0 Å². The Kier molecular flexibility index (Phi) is 12.8. The van der Waals surface area contributed by atoms with Crippen LogP contribution >= 0.6 is 0 Å². The van der Waals surface area contributed by atoms with Crippen molar-refractivity contribution < 1.29 is 19.2 Å². The SMILES string of the molecule is C[C@H](NC(=O)c1ccccc1)C(=O)NCCCCCCCCNC(=O)[C@H](C)NC(=O)c1ccccc1. The van der Waals surface area contributed by atoms with Crippen molar-refractivity contribution in [1.82, 2.24) is 21.3 Å². The molecule has 4 N–H and O–H groups in total. The maximum absolute atomic E-state index is 12.2. The van der Waals surface area contributed by atoms with Gasteiger partial charge < -0.3 is 21.3 Å². The zero-order valence-electron chi connectivity index (χ0n) is 21.2. The van der Waals surface area contributed by atoms with E-state index in [1.54, 1.807) is 62.4 Å². The third kappa shape index (κ3) is 10.7. The van der Waals surface area contributed by atoms with E-state index >= 15 is 0 Å². The zero-order valence-corrected chi connectivity index (χ0v) is 21.2. The third-order valence-electron chi connectivity index (χ3n) is 5.76. The average molecular weight is 495 g/mol.